The molecule has 2 saturated heterocycles. The van der Waals surface area contributed by atoms with Crippen molar-refractivity contribution in [3.8, 4) is 0 Å². The first kappa shape index (κ1) is 20.6. The molecule has 2 saturated carbocycles. The number of hydrogen-bond donors (Lipinski definition) is 0. The Morgan fingerprint density at radius 3 is 2.39 bits per heavy atom. The molecular weight excluding hydrogens is 392 g/mol. The first-order chi connectivity index (χ1) is 14.3. The minimum Gasteiger partial charge on any atom is -0.346 e. The van der Waals surface area contributed by atoms with Crippen LogP contribution in [0.5, 0.6) is 0 Å². The zero-order valence-electron chi connectivity index (χ0n) is 20.1. The van der Waals surface area contributed by atoms with Crippen molar-refractivity contribution >= 4 is 5.78 Å². The molecule has 5 heteroatoms. The van der Waals surface area contributed by atoms with Gasteiger partial charge in [0.2, 0.25) is 0 Å². The van der Waals surface area contributed by atoms with E-state index in [0.29, 0.717) is 24.2 Å². The lowest BCUT2D eigenvalue weighted by Gasteiger charge is -2.53. The maximum absolute atomic E-state index is 14.7. The average molecular weight is 429 g/mol. The van der Waals surface area contributed by atoms with Crippen LogP contribution in [0.25, 0.3) is 0 Å². The predicted molar refractivity (Wildman–Crippen MR) is 115 cm³/mol. The number of hydrogen-bond acceptors (Lipinski definition) is 5. The third-order valence-corrected chi connectivity index (χ3v) is 9.45. The number of carbonyl (C=O) groups excluding carboxylic acids is 1. The second kappa shape index (κ2) is 5.55. The molecule has 0 unspecified atom stereocenters. The molecule has 2 spiro atoms. The van der Waals surface area contributed by atoms with Crippen molar-refractivity contribution in [1.82, 2.24) is 0 Å². The molecule has 0 N–H and O–H groups in total. The first-order valence-electron chi connectivity index (χ1n) is 11.9. The molecule has 6 aliphatic rings. The van der Waals surface area contributed by atoms with Crippen LogP contribution in [0.15, 0.2) is 23.3 Å². The summed E-state index contributed by atoms with van der Waals surface area (Å²) in [5.74, 6) is -0.335. The Morgan fingerprint density at radius 1 is 1.00 bits per heavy atom. The van der Waals surface area contributed by atoms with E-state index in [1.165, 1.54) is 0 Å². The van der Waals surface area contributed by atoms with Crippen LogP contribution in [-0.4, -0.2) is 41.8 Å². The number of fused-ring (bicyclic) bond motifs is 4. The van der Waals surface area contributed by atoms with Gasteiger partial charge < -0.3 is 18.9 Å². The van der Waals surface area contributed by atoms with Gasteiger partial charge in [0, 0.05) is 5.92 Å². The molecule has 2 heterocycles. The molecule has 5 nitrogen and oxygen atoms in total. The summed E-state index contributed by atoms with van der Waals surface area (Å²) < 4.78 is 26.2. The van der Waals surface area contributed by atoms with Crippen LogP contribution < -0.4 is 0 Å². The van der Waals surface area contributed by atoms with Crippen LogP contribution >= 0.6 is 0 Å². The van der Waals surface area contributed by atoms with Crippen LogP contribution in [-0.2, 0) is 23.7 Å². The van der Waals surface area contributed by atoms with Crippen LogP contribution in [0, 0.1) is 34.5 Å². The van der Waals surface area contributed by atoms with E-state index in [2.05, 4.69) is 39.8 Å². The maximum atomic E-state index is 14.7. The number of allylic oxidation sites excluding steroid dienone is 1. The molecule has 0 aromatic rings. The molecular formula is C26H36O5. The minimum atomic E-state index is -0.903. The molecule has 0 radical (unpaired) electrons. The van der Waals surface area contributed by atoms with Gasteiger partial charge in [0.05, 0.1) is 12.0 Å². The number of ketones is 1. The molecule has 2 bridgehead atoms. The van der Waals surface area contributed by atoms with E-state index in [4.69, 9.17) is 18.9 Å². The van der Waals surface area contributed by atoms with Gasteiger partial charge in [-0.15, -0.1) is 0 Å². The topological polar surface area (TPSA) is 54.0 Å². The number of carbonyl (C=O) groups is 1. The lowest BCUT2D eigenvalue weighted by molar-refractivity contribution is -0.304. The fourth-order valence-electron chi connectivity index (χ4n) is 8.17. The molecule has 0 aromatic heterocycles. The van der Waals surface area contributed by atoms with E-state index in [9.17, 15) is 4.79 Å². The molecule has 31 heavy (non-hydrogen) atoms. The van der Waals surface area contributed by atoms with Gasteiger partial charge in [-0.1, -0.05) is 32.9 Å². The van der Waals surface area contributed by atoms with Crippen LogP contribution in [0.1, 0.15) is 61.8 Å². The molecule has 170 valence electrons. The third kappa shape index (κ3) is 2.24. The standard InChI is InChI=1S/C26H36O5/c1-13-11-25-14(2)9-17-18(22(17,3)4)16(19(25)27)10-15-12-28-23(5,6)30-21(15)26(25)20(13)29-24(7,8)31-26/h10-11,14,16-18,20-21H,9,12H2,1-8H3/t14-,16-,17+,18+,20+,21-,25+,26-/m0/s1. The zero-order chi connectivity index (χ0) is 22.4. The summed E-state index contributed by atoms with van der Waals surface area (Å²) in [5.41, 5.74) is 0.650. The van der Waals surface area contributed by atoms with Crippen molar-refractivity contribution in [2.24, 2.45) is 34.5 Å². The van der Waals surface area contributed by atoms with Crippen molar-refractivity contribution in [3.05, 3.63) is 23.3 Å². The molecule has 4 fully saturated rings. The number of Topliss-reactive ketones (excluding diaryl/α,β-unsaturated/α-hetero) is 1. The third-order valence-electron chi connectivity index (χ3n) is 9.45. The lowest BCUT2D eigenvalue weighted by atomic mass is 9.58. The molecule has 0 aromatic carbocycles. The summed E-state index contributed by atoms with van der Waals surface area (Å²) in [4.78, 5) is 14.7. The SMILES string of the molecule is CC1=C[C@@]23C(=O)[C@@H](C=C4COC(C)(C)O[C@@H]4[C@]24OC(C)(C)O[C@H]14)[C@@H]1[C@@H](C[C@@H]3C)C1(C)C. The molecule has 0 amide bonds. The zero-order valence-corrected chi connectivity index (χ0v) is 20.1. The first-order valence-corrected chi connectivity index (χ1v) is 11.9. The van der Waals surface area contributed by atoms with Crippen molar-refractivity contribution in [3.63, 3.8) is 0 Å². The summed E-state index contributed by atoms with van der Waals surface area (Å²) >= 11 is 0. The Balaban J connectivity index is 1.64. The normalized spacial score (nSPS) is 52.6. The monoisotopic (exact) mass is 428 g/mol. The fourth-order valence-corrected chi connectivity index (χ4v) is 8.17. The van der Waals surface area contributed by atoms with Crippen molar-refractivity contribution in [1.29, 1.82) is 0 Å². The quantitative estimate of drug-likeness (QED) is 0.535. The second-order valence-electron chi connectivity index (χ2n) is 12.5. The highest BCUT2D eigenvalue weighted by atomic mass is 16.8. The molecule has 2 aliphatic heterocycles. The Kier molecular flexibility index (Phi) is 3.68. The van der Waals surface area contributed by atoms with Gasteiger partial charge in [-0.05, 0) is 75.4 Å². The molecule has 4 aliphatic carbocycles. The van der Waals surface area contributed by atoms with Crippen molar-refractivity contribution < 1.29 is 23.7 Å². The van der Waals surface area contributed by atoms with Gasteiger partial charge in [-0.25, -0.2) is 0 Å². The van der Waals surface area contributed by atoms with E-state index in [-0.39, 0.29) is 29.5 Å². The van der Waals surface area contributed by atoms with E-state index in [1.807, 2.05) is 27.7 Å². The highest BCUT2D eigenvalue weighted by molar-refractivity contribution is 5.95. The van der Waals surface area contributed by atoms with Gasteiger partial charge in [0.25, 0.3) is 0 Å². The summed E-state index contributed by atoms with van der Waals surface area (Å²) in [5, 5.41) is 0. The summed E-state index contributed by atoms with van der Waals surface area (Å²) in [7, 11) is 0. The van der Waals surface area contributed by atoms with E-state index >= 15 is 0 Å². The second-order valence-corrected chi connectivity index (χ2v) is 12.5. The summed E-state index contributed by atoms with van der Waals surface area (Å²) in [6.45, 7) is 17.3. The summed E-state index contributed by atoms with van der Waals surface area (Å²) in [6, 6.07) is 0. The van der Waals surface area contributed by atoms with Gasteiger partial charge in [0.15, 0.2) is 17.4 Å². The Hall–Kier alpha value is -1.01. The largest absolute Gasteiger partial charge is 0.346 e. The Morgan fingerprint density at radius 2 is 1.68 bits per heavy atom. The van der Waals surface area contributed by atoms with Crippen LogP contribution in [0.4, 0.5) is 0 Å². The molecule has 6 rings (SSSR count). The van der Waals surface area contributed by atoms with Crippen molar-refractivity contribution in [2.75, 3.05) is 6.61 Å². The Bertz CT molecular complexity index is 941. The van der Waals surface area contributed by atoms with Gasteiger partial charge >= 0.3 is 0 Å². The van der Waals surface area contributed by atoms with E-state index in [1.54, 1.807) is 0 Å². The van der Waals surface area contributed by atoms with Gasteiger partial charge in [0.1, 0.15) is 17.8 Å². The van der Waals surface area contributed by atoms with Gasteiger partial charge in [-0.3, -0.25) is 4.79 Å². The highest BCUT2D eigenvalue weighted by Gasteiger charge is 2.80. The number of ether oxygens (including phenoxy) is 4. The predicted octanol–water partition coefficient (Wildman–Crippen LogP) is 4.41. The minimum absolute atomic E-state index is 0.134. The smallest absolute Gasteiger partial charge is 0.164 e. The van der Waals surface area contributed by atoms with Gasteiger partial charge in [-0.2, -0.15) is 0 Å². The summed E-state index contributed by atoms with van der Waals surface area (Å²) in [6.07, 6.45) is 4.76. The highest BCUT2D eigenvalue weighted by Crippen LogP contribution is 2.73. The maximum Gasteiger partial charge on any atom is 0.164 e. The Labute approximate surface area is 185 Å². The van der Waals surface area contributed by atoms with Crippen LogP contribution in [0.2, 0.25) is 0 Å². The van der Waals surface area contributed by atoms with Crippen molar-refractivity contribution in [2.45, 2.75) is 91.2 Å². The number of rotatable bonds is 0. The lowest BCUT2D eigenvalue weighted by Crippen LogP contribution is -2.67. The van der Waals surface area contributed by atoms with E-state index in [0.717, 1.165) is 17.6 Å². The fraction of sp³-hybridized carbons (Fsp3) is 0.808. The average Bonchev–Trinajstić information content (AvgIpc) is 2.97. The van der Waals surface area contributed by atoms with Crippen LogP contribution in [0.3, 0.4) is 0 Å². The van der Waals surface area contributed by atoms with E-state index < -0.39 is 22.6 Å². The molecule has 8 atom stereocenters.